The fourth-order valence-electron chi connectivity index (χ4n) is 3.34. The van der Waals surface area contributed by atoms with Gasteiger partial charge >= 0.3 is 5.97 Å². The summed E-state index contributed by atoms with van der Waals surface area (Å²) in [7, 11) is 1.62. The molecule has 1 heterocycles. The molecule has 1 aliphatic rings. The third-order valence-electron chi connectivity index (χ3n) is 4.92. The number of rotatable bonds is 6. The van der Waals surface area contributed by atoms with Crippen LogP contribution in [0.15, 0.2) is 24.3 Å². The lowest BCUT2D eigenvalue weighted by Gasteiger charge is -2.38. The van der Waals surface area contributed by atoms with E-state index >= 15 is 0 Å². The molecule has 132 valence electrons. The SMILES string of the molecule is COc1ccc(C(C)(C)C(=O)N2CCCC(CCC(=O)O)C2)cc1. The maximum atomic E-state index is 13.0. The molecule has 5 heteroatoms. The highest BCUT2D eigenvalue weighted by Crippen LogP contribution is 2.30. The molecule has 1 aromatic carbocycles. The number of nitrogens with zero attached hydrogens (tertiary/aromatic N) is 1. The second-order valence-corrected chi connectivity index (χ2v) is 7.05. The van der Waals surface area contributed by atoms with Crippen LogP contribution < -0.4 is 4.74 Å². The van der Waals surface area contributed by atoms with Crippen molar-refractivity contribution in [2.45, 2.75) is 44.9 Å². The number of benzene rings is 1. The Hall–Kier alpha value is -2.04. The van der Waals surface area contributed by atoms with Crippen molar-refractivity contribution in [3.8, 4) is 5.75 Å². The fraction of sp³-hybridized carbons (Fsp3) is 0.579. The zero-order chi connectivity index (χ0) is 17.7. The molecule has 0 aliphatic carbocycles. The van der Waals surface area contributed by atoms with Crippen LogP contribution in [0, 0.1) is 5.92 Å². The van der Waals surface area contributed by atoms with Crippen LogP contribution >= 0.6 is 0 Å². The molecule has 1 aliphatic heterocycles. The molecule has 0 radical (unpaired) electrons. The van der Waals surface area contributed by atoms with Gasteiger partial charge in [-0.25, -0.2) is 0 Å². The van der Waals surface area contributed by atoms with Gasteiger partial charge in [0.05, 0.1) is 12.5 Å². The van der Waals surface area contributed by atoms with Crippen LogP contribution in [0.3, 0.4) is 0 Å². The van der Waals surface area contributed by atoms with Crippen molar-refractivity contribution >= 4 is 11.9 Å². The number of hydrogen-bond acceptors (Lipinski definition) is 3. The summed E-state index contributed by atoms with van der Waals surface area (Å²) in [5, 5.41) is 8.85. The highest BCUT2D eigenvalue weighted by atomic mass is 16.5. The lowest BCUT2D eigenvalue weighted by Crippen LogP contribution is -2.48. The minimum absolute atomic E-state index is 0.104. The van der Waals surface area contributed by atoms with Crippen LogP contribution in [0.25, 0.3) is 0 Å². The fourth-order valence-corrected chi connectivity index (χ4v) is 3.34. The number of carbonyl (C=O) groups excluding carboxylic acids is 1. The summed E-state index contributed by atoms with van der Waals surface area (Å²) in [6.07, 6.45) is 2.76. The van der Waals surface area contributed by atoms with E-state index in [4.69, 9.17) is 9.84 Å². The van der Waals surface area contributed by atoms with Gasteiger partial charge in [-0.3, -0.25) is 9.59 Å². The van der Waals surface area contributed by atoms with Gasteiger partial charge in [0.15, 0.2) is 0 Å². The van der Waals surface area contributed by atoms with Crippen molar-refractivity contribution in [1.82, 2.24) is 4.90 Å². The molecule has 0 aromatic heterocycles. The van der Waals surface area contributed by atoms with Gasteiger partial charge in [0.2, 0.25) is 5.91 Å². The molecule has 1 N–H and O–H groups in total. The highest BCUT2D eigenvalue weighted by Gasteiger charge is 2.35. The molecule has 2 rings (SSSR count). The summed E-state index contributed by atoms with van der Waals surface area (Å²) in [4.78, 5) is 25.7. The van der Waals surface area contributed by atoms with Gasteiger partial charge in [0.25, 0.3) is 0 Å². The molecular formula is C19H27NO4. The lowest BCUT2D eigenvalue weighted by atomic mass is 9.82. The Morgan fingerprint density at radius 3 is 2.54 bits per heavy atom. The van der Waals surface area contributed by atoms with E-state index in [2.05, 4.69) is 0 Å². The van der Waals surface area contributed by atoms with E-state index < -0.39 is 11.4 Å². The molecule has 1 fully saturated rings. The summed E-state index contributed by atoms with van der Waals surface area (Å²) in [5.41, 5.74) is 0.349. The lowest BCUT2D eigenvalue weighted by molar-refractivity contribution is -0.138. The summed E-state index contributed by atoms with van der Waals surface area (Å²) >= 11 is 0. The normalized spacial score (nSPS) is 18.3. The van der Waals surface area contributed by atoms with Crippen molar-refractivity contribution in [2.24, 2.45) is 5.92 Å². The van der Waals surface area contributed by atoms with Crippen LogP contribution in [0.1, 0.15) is 45.1 Å². The number of likely N-dealkylation sites (tertiary alicyclic amines) is 1. The van der Waals surface area contributed by atoms with Gasteiger partial charge in [0, 0.05) is 19.5 Å². The van der Waals surface area contributed by atoms with E-state index in [1.165, 1.54) is 0 Å². The Bertz CT molecular complexity index is 580. The van der Waals surface area contributed by atoms with Crippen LogP contribution in [0.2, 0.25) is 0 Å². The molecule has 0 bridgehead atoms. The van der Waals surface area contributed by atoms with Gasteiger partial charge in [-0.05, 0) is 56.7 Å². The summed E-state index contributed by atoms with van der Waals surface area (Å²) in [6.45, 7) is 5.30. The first-order chi connectivity index (χ1) is 11.3. The zero-order valence-electron chi connectivity index (χ0n) is 14.7. The van der Waals surface area contributed by atoms with Crippen LogP contribution in [-0.2, 0) is 15.0 Å². The Balaban J connectivity index is 2.06. The average molecular weight is 333 g/mol. The monoisotopic (exact) mass is 333 g/mol. The molecule has 24 heavy (non-hydrogen) atoms. The van der Waals surface area contributed by atoms with E-state index in [9.17, 15) is 9.59 Å². The van der Waals surface area contributed by atoms with E-state index in [1.807, 2.05) is 43.0 Å². The highest BCUT2D eigenvalue weighted by molar-refractivity contribution is 5.87. The number of amides is 1. The van der Waals surface area contributed by atoms with Gasteiger partial charge in [-0.15, -0.1) is 0 Å². The third kappa shape index (κ3) is 4.28. The number of carbonyl (C=O) groups is 2. The molecule has 1 atom stereocenters. The number of carboxylic acids is 1. The number of piperidine rings is 1. The van der Waals surface area contributed by atoms with Crippen molar-refractivity contribution in [1.29, 1.82) is 0 Å². The topological polar surface area (TPSA) is 66.8 Å². The molecule has 1 aromatic rings. The first-order valence-corrected chi connectivity index (χ1v) is 8.50. The van der Waals surface area contributed by atoms with Crippen LogP contribution in [0.5, 0.6) is 5.75 Å². The Kier molecular flexibility index (Phi) is 5.86. The predicted molar refractivity (Wildman–Crippen MR) is 92.2 cm³/mol. The van der Waals surface area contributed by atoms with Gasteiger partial charge in [-0.2, -0.15) is 0 Å². The number of aliphatic carboxylic acids is 1. The summed E-state index contributed by atoms with van der Waals surface area (Å²) in [5.74, 6) is 0.392. The second-order valence-electron chi connectivity index (χ2n) is 7.05. The van der Waals surface area contributed by atoms with Crippen molar-refractivity contribution < 1.29 is 19.4 Å². The third-order valence-corrected chi connectivity index (χ3v) is 4.92. The largest absolute Gasteiger partial charge is 0.497 e. The maximum Gasteiger partial charge on any atom is 0.303 e. The van der Waals surface area contributed by atoms with E-state index in [0.29, 0.717) is 13.0 Å². The smallest absolute Gasteiger partial charge is 0.303 e. The van der Waals surface area contributed by atoms with E-state index in [-0.39, 0.29) is 18.2 Å². The standard InChI is InChI=1S/C19H27NO4/c1-19(2,15-7-9-16(24-3)10-8-15)18(23)20-12-4-5-14(13-20)6-11-17(21)22/h7-10,14H,4-6,11-13H2,1-3H3,(H,21,22). The average Bonchev–Trinajstić information content (AvgIpc) is 2.59. The Labute approximate surface area is 143 Å². The minimum atomic E-state index is -0.767. The molecule has 1 amide bonds. The molecule has 0 spiro atoms. The zero-order valence-corrected chi connectivity index (χ0v) is 14.7. The van der Waals surface area contributed by atoms with Gasteiger partial charge in [0.1, 0.15) is 5.75 Å². The minimum Gasteiger partial charge on any atom is -0.497 e. The first kappa shape index (κ1) is 18.3. The van der Waals surface area contributed by atoms with E-state index in [1.54, 1.807) is 7.11 Å². The van der Waals surface area contributed by atoms with Crippen LogP contribution in [0.4, 0.5) is 0 Å². The molecule has 1 saturated heterocycles. The maximum absolute atomic E-state index is 13.0. The number of ether oxygens (including phenoxy) is 1. The van der Waals surface area contributed by atoms with Crippen molar-refractivity contribution in [3.63, 3.8) is 0 Å². The number of hydrogen-bond donors (Lipinski definition) is 1. The quantitative estimate of drug-likeness (QED) is 0.869. The van der Waals surface area contributed by atoms with Crippen molar-refractivity contribution in [2.75, 3.05) is 20.2 Å². The van der Waals surface area contributed by atoms with Crippen molar-refractivity contribution in [3.05, 3.63) is 29.8 Å². The second kappa shape index (κ2) is 7.69. The van der Waals surface area contributed by atoms with Gasteiger partial charge < -0.3 is 14.7 Å². The summed E-state index contributed by atoms with van der Waals surface area (Å²) < 4.78 is 5.18. The first-order valence-electron chi connectivity index (χ1n) is 8.50. The Morgan fingerprint density at radius 1 is 1.29 bits per heavy atom. The molecule has 1 unspecified atom stereocenters. The summed E-state index contributed by atoms with van der Waals surface area (Å²) in [6, 6.07) is 7.61. The van der Waals surface area contributed by atoms with Gasteiger partial charge in [-0.1, -0.05) is 12.1 Å². The number of carboxylic acid groups (broad SMARTS) is 1. The predicted octanol–water partition coefficient (Wildman–Crippen LogP) is 3.08. The molecular weight excluding hydrogens is 306 g/mol. The van der Waals surface area contributed by atoms with Crippen LogP contribution in [-0.4, -0.2) is 42.1 Å². The Morgan fingerprint density at radius 2 is 1.96 bits per heavy atom. The van der Waals surface area contributed by atoms with E-state index in [0.717, 1.165) is 30.7 Å². The molecule has 5 nitrogen and oxygen atoms in total. The number of methoxy groups -OCH3 is 1. The molecule has 0 saturated carbocycles.